The van der Waals surface area contributed by atoms with Crippen molar-refractivity contribution >= 4 is 5.97 Å². The number of hydrogen-bond donors (Lipinski definition) is 2. The van der Waals surface area contributed by atoms with Gasteiger partial charge in [-0.15, -0.1) is 0 Å². The lowest BCUT2D eigenvalue weighted by molar-refractivity contribution is -0.143. The van der Waals surface area contributed by atoms with E-state index in [1.165, 1.54) is 0 Å². The Balaban J connectivity index is 2.13. The third-order valence-corrected chi connectivity index (χ3v) is 3.99. The molecule has 0 aromatic carbocycles. The molecule has 0 aromatic heterocycles. The van der Waals surface area contributed by atoms with Gasteiger partial charge in [-0.25, -0.2) is 0 Å². The molecule has 1 aliphatic rings. The first-order chi connectivity index (χ1) is 8.94. The van der Waals surface area contributed by atoms with Crippen molar-refractivity contribution < 1.29 is 9.90 Å². The molecule has 19 heavy (non-hydrogen) atoms. The fourth-order valence-corrected chi connectivity index (χ4v) is 2.65. The molecule has 0 heterocycles. The normalized spacial score (nSPS) is 23.8. The summed E-state index contributed by atoms with van der Waals surface area (Å²) in [6.07, 6.45) is 6.71. The van der Waals surface area contributed by atoms with Crippen molar-refractivity contribution in [1.29, 1.82) is 5.26 Å². The van der Waals surface area contributed by atoms with Crippen LogP contribution in [-0.4, -0.2) is 23.7 Å². The summed E-state index contributed by atoms with van der Waals surface area (Å²) in [7, 11) is 0. The van der Waals surface area contributed by atoms with Crippen molar-refractivity contribution in [2.45, 2.75) is 64.8 Å². The van der Waals surface area contributed by atoms with Crippen LogP contribution in [0.3, 0.4) is 0 Å². The molecule has 0 aromatic rings. The first-order valence-corrected chi connectivity index (χ1v) is 7.32. The van der Waals surface area contributed by atoms with Gasteiger partial charge in [0, 0.05) is 6.04 Å². The number of carboxylic acid groups (broad SMARTS) is 1. The standard InChI is InChI=1S/C15H26N2O2/c1-15(2,11-16)8-3-4-9-17-13-7-5-6-12(10-13)14(18)19/h12-13,17H,3-10H2,1-2H3,(H,18,19). The Hall–Kier alpha value is -1.08. The number of nitrogens with zero attached hydrogens (tertiary/aromatic N) is 1. The van der Waals surface area contributed by atoms with E-state index in [9.17, 15) is 4.79 Å². The van der Waals surface area contributed by atoms with Crippen molar-refractivity contribution in [3.8, 4) is 6.07 Å². The number of nitriles is 1. The molecule has 4 heteroatoms. The molecule has 0 bridgehead atoms. The molecule has 1 fully saturated rings. The van der Waals surface area contributed by atoms with Gasteiger partial charge in [-0.1, -0.05) is 12.8 Å². The Bertz CT molecular complexity index is 334. The molecular weight excluding hydrogens is 240 g/mol. The van der Waals surface area contributed by atoms with Crippen molar-refractivity contribution in [1.82, 2.24) is 5.32 Å². The number of hydrogen-bond acceptors (Lipinski definition) is 3. The smallest absolute Gasteiger partial charge is 0.306 e. The number of nitrogens with one attached hydrogen (secondary N) is 1. The summed E-state index contributed by atoms with van der Waals surface area (Å²) in [4.78, 5) is 11.0. The second-order valence-corrected chi connectivity index (χ2v) is 6.31. The van der Waals surface area contributed by atoms with Crippen LogP contribution in [0.1, 0.15) is 58.8 Å². The van der Waals surface area contributed by atoms with Gasteiger partial charge in [0.2, 0.25) is 0 Å². The van der Waals surface area contributed by atoms with E-state index in [4.69, 9.17) is 10.4 Å². The molecule has 0 spiro atoms. The Morgan fingerprint density at radius 2 is 2.16 bits per heavy atom. The molecule has 4 nitrogen and oxygen atoms in total. The van der Waals surface area contributed by atoms with Crippen LogP contribution in [0, 0.1) is 22.7 Å². The van der Waals surface area contributed by atoms with E-state index in [1.807, 2.05) is 13.8 Å². The highest BCUT2D eigenvalue weighted by Crippen LogP contribution is 2.25. The Labute approximate surface area is 116 Å². The molecule has 1 saturated carbocycles. The summed E-state index contributed by atoms with van der Waals surface area (Å²) in [5.74, 6) is -0.814. The number of carboxylic acids is 1. The highest BCUT2D eigenvalue weighted by molar-refractivity contribution is 5.70. The molecular formula is C15H26N2O2. The minimum absolute atomic E-state index is 0.163. The predicted molar refractivity (Wildman–Crippen MR) is 74.6 cm³/mol. The zero-order chi connectivity index (χ0) is 14.3. The maximum absolute atomic E-state index is 11.0. The number of carbonyl (C=O) groups is 1. The number of aliphatic carboxylic acids is 1. The van der Waals surface area contributed by atoms with Crippen LogP contribution < -0.4 is 5.32 Å². The van der Waals surface area contributed by atoms with Gasteiger partial charge in [-0.05, 0) is 52.5 Å². The molecule has 108 valence electrons. The molecule has 2 N–H and O–H groups in total. The largest absolute Gasteiger partial charge is 0.481 e. The summed E-state index contributed by atoms with van der Waals surface area (Å²) >= 11 is 0. The Morgan fingerprint density at radius 3 is 2.79 bits per heavy atom. The second kappa shape index (κ2) is 7.49. The van der Waals surface area contributed by atoms with Crippen LogP contribution in [0.25, 0.3) is 0 Å². The highest BCUT2D eigenvalue weighted by atomic mass is 16.4. The third kappa shape index (κ3) is 6.07. The first-order valence-electron chi connectivity index (χ1n) is 7.32. The first kappa shape index (κ1) is 16.0. The predicted octanol–water partition coefficient (Wildman–Crippen LogP) is 2.94. The molecule has 1 rings (SSSR count). The topological polar surface area (TPSA) is 73.1 Å². The zero-order valence-electron chi connectivity index (χ0n) is 12.1. The van der Waals surface area contributed by atoms with Crippen LogP contribution in [-0.2, 0) is 4.79 Å². The molecule has 0 amide bonds. The van der Waals surface area contributed by atoms with Gasteiger partial charge >= 0.3 is 5.97 Å². The van der Waals surface area contributed by atoms with Crippen LogP contribution in [0.5, 0.6) is 0 Å². The lowest BCUT2D eigenvalue weighted by atomic mass is 9.85. The van der Waals surface area contributed by atoms with Crippen molar-refractivity contribution in [3.05, 3.63) is 0 Å². The fourth-order valence-electron chi connectivity index (χ4n) is 2.65. The maximum atomic E-state index is 11.0. The van der Waals surface area contributed by atoms with Gasteiger partial charge in [-0.2, -0.15) is 5.26 Å². The van der Waals surface area contributed by atoms with Gasteiger partial charge in [0.25, 0.3) is 0 Å². The molecule has 2 unspecified atom stereocenters. The van der Waals surface area contributed by atoms with E-state index in [0.29, 0.717) is 6.04 Å². The van der Waals surface area contributed by atoms with Crippen LogP contribution in [0.15, 0.2) is 0 Å². The average Bonchev–Trinajstić information content (AvgIpc) is 2.38. The summed E-state index contributed by atoms with van der Waals surface area (Å²) in [5.41, 5.74) is -0.223. The monoisotopic (exact) mass is 266 g/mol. The van der Waals surface area contributed by atoms with Crippen LogP contribution in [0.4, 0.5) is 0 Å². The molecule has 2 atom stereocenters. The van der Waals surface area contributed by atoms with Crippen molar-refractivity contribution in [3.63, 3.8) is 0 Å². The average molecular weight is 266 g/mol. The van der Waals surface area contributed by atoms with Gasteiger partial charge in [0.05, 0.1) is 17.4 Å². The summed E-state index contributed by atoms with van der Waals surface area (Å²) in [6, 6.07) is 2.67. The minimum Gasteiger partial charge on any atom is -0.481 e. The Kier molecular flexibility index (Phi) is 6.30. The summed E-state index contributed by atoms with van der Waals surface area (Å²) < 4.78 is 0. The maximum Gasteiger partial charge on any atom is 0.306 e. The van der Waals surface area contributed by atoms with Gasteiger partial charge in [-0.3, -0.25) is 4.79 Å². The Morgan fingerprint density at radius 1 is 1.42 bits per heavy atom. The summed E-state index contributed by atoms with van der Waals surface area (Å²) in [6.45, 7) is 4.87. The second-order valence-electron chi connectivity index (χ2n) is 6.31. The quantitative estimate of drug-likeness (QED) is 0.695. The van der Waals surface area contributed by atoms with Crippen molar-refractivity contribution in [2.75, 3.05) is 6.54 Å². The van der Waals surface area contributed by atoms with Gasteiger partial charge < -0.3 is 10.4 Å². The lowest BCUT2D eigenvalue weighted by Crippen LogP contribution is -2.36. The molecule has 1 aliphatic carbocycles. The van der Waals surface area contributed by atoms with Crippen LogP contribution >= 0.6 is 0 Å². The zero-order valence-corrected chi connectivity index (χ0v) is 12.1. The van der Waals surface area contributed by atoms with Gasteiger partial charge in [0.15, 0.2) is 0 Å². The van der Waals surface area contributed by atoms with Gasteiger partial charge in [0.1, 0.15) is 0 Å². The van der Waals surface area contributed by atoms with Crippen LogP contribution in [0.2, 0.25) is 0 Å². The van der Waals surface area contributed by atoms with E-state index in [0.717, 1.165) is 51.5 Å². The highest BCUT2D eigenvalue weighted by Gasteiger charge is 2.26. The third-order valence-electron chi connectivity index (χ3n) is 3.99. The number of rotatable bonds is 7. The number of unbranched alkanes of at least 4 members (excludes halogenated alkanes) is 1. The lowest BCUT2D eigenvalue weighted by Gasteiger charge is -2.27. The molecule has 0 radical (unpaired) electrons. The van der Waals surface area contributed by atoms with E-state index in [1.54, 1.807) is 0 Å². The molecule has 0 aliphatic heterocycles. The van der Waals surface area contributed by atoms with E-state index in [-0.39, 0.29) is 11.3 Å². The molecule has 0 saturated heterocycles. The van der Waals surface area contributed by atoms with E-state index < -0.39 is 5.97 Å². The fraction of sp³-hybridized carbons (Fsp3) is 0.867. The summed E-state index contributed by atoms with van der Waals surface area (Å²) in [5, 5.41) is 21.4. The van der Waals surface area contributed by atoms with E-state index in [2.05, 4.69) is 11.4 Å². The minimum atomic E-state index is -0.651. The SMILES string of the molecule is CC(C)(C#N)CCCCNC1CCCC(C(=O)O)C1. The van der Waals surface area contributed by atoms with E-state index >= 15 is 0 Å². The van der Waals surface area contributed by atoms with Crippen molar-refractivity contribution in [2.24, 2.45) is 11.3 Å².